The van der Waals surface area contributed by atoms with Crippen LogP contribution in [0.3, 0.4) is 0 Å². The lowest BCUT2D eigenvalue weighted by molar-refractivity contribution is -0.276. The van der Waals surface area contributed by atoms with E-state index < -0.39 is 25.4 Å². The van der Waals surface area contributed by atoms with Gasteiger partial charge in [-0.2, -0.15) is 0 Å². The van der Waals surface area contributed by atoms with Gasteiger partial charge in [0.2, 0.25) is 0 Å². The Morgan fingerprint density at radius 3 is 3.10 bits per heavy atom. The van der Waals surface area contributed by atoms with E-state index in [2.05, 4.69) is 4.98 Å². The molecule has 0 spiro atoms. The first kappa shape index (κ1) is 13.8. The van der Waals surface area contributed by atoms with E-state index in [0.29, 0.717) is 12.0 Å². The van der Waals surface area contributed by atoms with Crippen molar-refractivity contribution in [3.05, 3.63) is 22.2 Å². The summed E-state index contributed by atoms with van der Waals surface area (Å²) in [6.07, 6.45) is 0.977. The van der Waals surface area contributed by atoms with Crippen LogP contribution in [-0.2, 0) is 13.8 Å². The Morgan fingerprint density at radius 2 is 2.35 bits per heavy atom. The average Bonchev–Trinajstić information content (AvgIpc) is 2.74. The van der Waals surface area contributed by atoms with E-state index in [0.717, 1.165) is 0 Å². The molecule has 2 aliphatic rings. The van der Waals surface area contributed by atoms with E-state index in [-0.39, 0.29) is 24.8 Å². The van der Waals surface area contributed by atoms with Gasteiger partial charge in [-0.15, -0.1) is 0 Å². The molecule has 3 heterocycles. The molecule has 0 aliphatic carbocycles. The van der Waals surface area contributed by atoms with Gasteiger partial charge >= 0.3 is 13.3 Å². The third-order valence-electron chi connectivity index (χ3n) is 3.67. The Hall–Kier alpha value is -1.21. The monoisotopic (exact) mass is 301 g/mol. The van der Waals surface area contributed by atoms with E-state index in [4.69, 9.17) is 9.26 Å². The maximum Gasteiger partial charge on any atom is 0.349 e. The highest BCUT2D eigenvalue weighted by atomic mass is 31.2. The van der Waals surface area contributed by atoms with Gasteiger partial charge in [-0.25, -0.2) is 9.78 Å². The lowest BCUT2D eigenvalue weighted by Crippen LogP contribution is -2.30. The number of aromatic nitrogens is 2. The molecule has 1 aromatic heterocycles. The molecule has 110 valence electrons. The molecule has 1 unspecified atom stereocenters. The zero-order valence-electron chi connectivity index (χ0n) is 10.8. The minimum atomic E-state index is -3.54. The first-order valence-electron chi connectivity index (χ1n) is 6.24. The normalized spacial score (nSPS) is 36.8. The topological polar surface area (TPSA) is 114 Å². The molecule has 0 amide bonds. The second-order valence-corrected chi connectivity index (χ2v) is 7.06. The van der Waals surface area contributed by atoms with Crippen LogP contribution in [0.25, 0.3) is 0 Å². The van der Waals surface area contributed by atoms with Gasteiger partial charge in [0.25, 0.3) is 0 Å². The number of fused-ring (bicyclic) bond motifs is 1. The predicted octanol–water partition coefficient (Wildman–Crippen LogP) is -0.255. The number of hydrogen-bond donors (Lipinski definition) is 1. The summed E-state index contributed by atoms with van der Waals surface area (Å²) in [5.41, 5.74) is -0.315. The van der Waals surface area contributed by atoms with Crippen LogP contribution in [0.2, 0.25) is 0 Å². The van der Waals surface area contributed by atoms with Gasteiger partial charge in [-0.05, 0) is 24.8 Å². The summed E-state index contributed by atoms with van der Waals surface area (Å²) in [4.78, 5) is 24.6. The number of hydrogen-bond acceptors (Lipinski definition) is 6. The molecule has 9 heteroatoms. The Morgan fingerprint density at radius 1 is 1.60 bits per heavy atom. The van der Waals surface area contributed by atoms with Crippen LogP contribution in [0.1, 0.15) is 18.2 Å². The molecule has 3 rings (SSSR count). The van der Waals surface area contributed by atoms with Crippen molar-refractivity contribution in [2.24, 2.45) is 5.92 Å². The molecule has 0 aromatic carbocycles. The third-order valence-corrected chi connectivity index (χ3v) is 5.15. The van der Waals surface area contributed by atoms with Crippen molar-refractivity contribution in [3.8, 4) is 5.88 Å². The van der Waals surface area contributed by atoms with Crippen LogP contribution in [0.5, 0.6) is 5.88 Å². The predicted molar refractivity (Wildman–Crippen MR) is 65.3 cm³/mol. The maximum atomic E-state index is 11.7. The molecule has 2 saturated heterocycles. The van der Waals surface area contributed by atoms with Gasteiger partial charge in [0, 0.05) is 12.1 Å². The minimum absolute atomic E-state index is 0.0228. The van der Waals surface area contributed by atoms with Crippen molar-refractivity contribution in [1.29, 1.82) is 0 Å². The summed E-state index contributed by atoms with van der Waals surface area (Å²) in [6.45, 7) is 1.61. The summed E-state index contributed by atoms with van der Waals surface area (Å²) in [7, 11) is -3.54. The standard InChI is InChI=1S/C11H15N2O6P/c1-6-3-13(11(15)12-10(6)14)9-2-7-5-20(16,17)18-4-8(7)19-9/h3,7-9H,2,4-5H2,1H3,(H,16,17)(H,12,14,15)/p-1/t7-,8-,9+/m1/s1. The van der Waals surface area contributed by atoms with Crippen LogP contribution in [0.4, 0.5) is 0 Å². The van der Waals surface area contributed by atoms with Crippen LogP contribution in [0.15, 0.2) is 11.0 Å². The third kappa shape index (κ3) is 2.40. The minimum Gasteiger partial charge on any atom is -0.858 e. The molecular weight excluding hydrogens is 287 g/mol. The molecular formula is C11H14N2O6P-. The van der Waals surface area contributed by atoms with Gasteiger partial charge in [-0.3, -0.25) is 9.13 Å². The Kier molecular flexibility index (Phi) is 3.21. The molecule has 4 atom stereocenters. The lowest BCUT2D eigenvalue weighted by Gasteiger charge is -2.26. The fourth-order valence-electron chi connectivity index (χ4n) is 2.62. The summed E-state index contributed by atoms with van der Waals surface area (Å²) in [6, 6.07) is 0. The fourth-order valence-corrected chi connectivity index (χ4v) is 4.09. The zero-order chi connectivity index (χ0) is 14.5. The van der Waals surface area contributed by atoms with Gasteiger partial charge in [0.15, 0.2) is 0 Å². The fraction of sp³-hybridized carbons (Fsp3) is 0.636. The second-order valence-electron chi connectivity index (χ2n) is 5.16. The molecule has 0 bridgehead atoms. The molecule has 2 aliphatic heterocycles. The van der Waals surface area contributed by atoms with Gasteiger partial charge in [-0.1, -0.05) is 0 Å². The number of ether oxygens (including phenoxy) is 1. The highest BCUT2D eigenvalue weighted by Gasteiger charge is 2.45. The lowest BCUT2D eigenvalue weighted by atomic mass is 10.0. The number of nitrogens with zero attached hydrogens (tertiary/aromatic N) is 2. The molecule has 0 saturated carbocycles. The van der Waals surface area contributed by atoms with Crippen LogP contribution in [-0.4, -0.2) is 33.3 Å². The largest absolute Gasteiger partial charge is 0.858 e. The van der Waals surface area contributed by atoms with Gasteiger partial charge in [0.1, 0.15) is 6.23 Å². The van der Waals surface area contributed by atoms with Crippen LogP contribution in [0, 0.1) is 12.8 Å². The van der Waals surface area contributed by atoms with E-state index >= 15 is 0 Å². The molecule has 20 heavy (non-hydrogen) atoms. The van der Waals surface area contributed by atoms with E-state index in [9.17, 15) is 19.4 Å². The molecule has 1 N–H and O–H groups in total. The molecule has 1 aromatic rings. The second kappa shape index (κ2) is 4.66. The van der Waals surface area contributed by atoms with E-state index in [1.807, 2.05) is 0 Å². The first-order chi connectivity index (χ1) is 9.35. The highest BCUT2D eigenvalue weighted by molar-refractivity contribution is 7.52. The van der Waals surface area contributed by atoms with Crippen molar-refractivity contribution in [3.63, 3.8) is 0 Å². The van der Waals surface area contributed by atoms with Crippen molar-refractivity contribution in [2.75, 3.05) is 12.8 Å². The molecule has 0 radical (unpaired) electrons. The van der Waals surface area contributed by atoms with Crippen LogP contribution >= 0.6 is 7.60 Å². The summed E-state index contributed by atoms with van der Waals surface area (Å²) < 4.78 is 23.4. The van der Waals surface area contributed by atoms with E-state index in [1.54, 1.807) is 6.92 Å². The quantitative estimate of drug-likeness (QED) is 0.711. The van der Waals surface area contributed by atoms with Gasteiger partial charge < -0.3 is 19.3 Å². The number of aryl methyl sites for hydroxylation is 1. The summed E-state index contributed by atoms with van der Waals surface area (Å²) in [5, 5.41) is 11.3. The molecule has 2 fully saturated rings. The average molecular weight is 301 g/mol. The van der Waals surface area contributed by atoms with Crippen molar-refractivity contribution >= 4 is 7.60 Å². The summed E-state index contributed by atoms with van der Waals surface area (Å²) in [5.74, 6) is -0.687. The Balaban J connectivity index is 1.86. The SMILES string of the molecule is Cc1cn([C@@H]2C[C@@H]3CP(=O)(O)OC[C@H]3O2)c(=O)nc1[O-]. The van der Waals surface area contributed by atoms with Crippen molar-refractivity contribution in [2.45, 2.75) is 25.7 Å². The first-order valence-corrected chi connectivity index (χ1v) is 8.00. The van der Waals surface area contributed by atoms with Crippen molar-refractivity contribution in [1.82, 2.24) is 9.55 Å². The smallest absolute Gasteiger partial charge is 0.349 e. The van der Waals surface area contributed by atoms with E-state index in [1.165, 1.54) is 10.8 Å². The zero-order valence-corrected chi connectivity index (χ0v) is 11.7. The Bertz CT molecular complexity index is 644. The van der Waals surface area contributed by atoms with Crippen LogP contribution < -0.4 is 10.8 Å². The highest BCUT2D eigenvalue weighted by Crippen LogP contribution is 2.52. The van der Waals surface area contributed by atoms with Gasteiger partial charge in [0.05, 0.1) is 18.9 Å². The maximum absolute atomic E-state index is 11.7. The number of rotatable bonds is 1. The molecule has 8 nitrogen and oxygen atoms in total. The summed E-state index contributed by atoms with van der Waals surface area (Å²) >= 11 is 0. The van der Waals surface area contributed by atoms with Crippen molar-refractivity contribution < 1.29 is 23.8 Å². The Labute approximate surface area is 114 Å².